The first-order chi connectivity index (χ1) is 7.70. The molecule has 0 aromatic carbocycles. The van der Waals surface area contributed by atoms with Crippen LogP contribution in [-0.4, -0.2) is 40.1 Å². The molecule has 0 aliphatic carbocycles. The Labute approximate surface area is 94.9 Å². The third-order valence-electron chi connectivity index (χ3n) is 2.47. The van der Waals surface area contributed by atoms with Crippen LogP contribution in [0.4, 0.5) is 0 Å². The molecule has 2 aromatic heterocycles. The Kier molecular flexibility index (Phi) is 3.17. The van der Waals surface area contributed by atoms with Crippen molar-refractivity contribution in [3.05, 3.63) is 29.7 Å². The molecule has 0 atom stereocenters. The van der Waals surface area contributed by atoms with Gasteiger partial charge >= 0.3 is 0 Å². The van der Waals surface area contributed by atoms with E-state index in [1.165, 1.54) is 0 Å². The smallest absolute Gasteiger partial charge is 0.155 e. The molecule has 2 N–H and O–H groups in total. The highest BCUT2D eigenvalue weighted by Gasteiger charge is 2.06. The Morgan fingerprint density at radius 2 is 2.19 bits per heavy atom. The predicted octanol–water partition coefficient (Wildman–Crippen LogP) is 0.292. The van der Waals surface area contributed by atoms with E-state index in [1.807, 2.05) is 36.8 Å². The molecular formula is C11H17N5. The molecule has 5 heteroatoms. The van der Waals surface area contributed by atoms with Crippen molar-refractivity contribution in [2.75, 3.05) is 20.6 Å². The Bertz CT molecular complexity index is 474. The molecular weight excluding hydrogens is 202 g/mol. The van der Waals surface area contributed by atoms with Gasteiger partial charge in [-0.15, -0.1) is 0 Å². The van der Waals surface area contributed by atoms with Crippen LogP contribution in [-0.2, 0) is 13.0 Å². The number of rotatable bonds is 4. The van der Waals surface area contributed by atoms with Gasteiger partial charge in [-0.25, -0.2) is 9.50 Å². The Morgan fingerprint density at radius 3 is 2.88 bits per heavy atom. The first-order valence-corrected chi connectivity index (χ1v) is 5.39. The molecule has 0 spiro atoms. The molecule has 0 saturated carbocycles. The van der Waals surface area contributed by atoms with E-state index in [1.54, 1.807) is 0 Å². The molecule has 0 fully saturated rings. The van der Waals surface area contributed by atoms with Gasteiger partial charge in [-0.05, 0) is 26.2 Å². The van der Waals surface area contributed by atoms with Gasteiger partial charge in [0.2, 0.25) is 0 Å². The minimum Gasteiger partial charge on any atom is -0.325 e. The number of aromatic nitrogens is 3. The van der Waals surface area contributed by atoms with Crippen LogP contribution in [0.25, 0.3) is 5.65 Å². The molecule has 0 aliphatic rings. The second-order valence-corrected chi connectivity index (χ2v) is 4.07. The van der Waals surface area contributed by atoms with Crippen LogP contribution in [0.1, 0.15) is 11.5 Å². The SMILES string of the molecule is CN(C)CCc1nc2cccc(CN)n2n1. The average molecular weight is 219 g/mol. The molecule has 2 aromatic rings. The fraction of sp³-hybridized carbons (Fsp3) is 0.455. The van der Waals surface area contributed by atoms with Crippen LogP contribution < -0.4 is 5.73 Å². The molecule has 16 heavy (non-hydrogen) atoms. The molecule has 0 saturated heterocycles. The van der Waals surface area contributed by atoms with Crippen molar-refractivity contribution in [1.29, 1.82) is 0 Å². The number of hydrogen-bond acceptors (Lipinski definition) is 4. The van der Waals surface area contributed by atoms with Crippen LogP contribution in [0.3, 0.4) is 0 Å². The minimum absolute atomic E-state index is 0.480. The normalized spacial score (nSPS) is 11.5. The van der Waals surface area contributed by atoms with Crippen LogP contribution in [0, 0.1) is 0 Å². The number of likely N-dealkylation sites (N-methyl/N-ethyl adjacent to an activating group) is 1. The van der Waals surface area contributed by atoms with Gasteiger partial charge in [0.05, 0.1) is 5.69 Å². The van der Waals surface area contributed by atoms with Crippen molar-refractivity contribution in [1.82, 2.24) is 19.5 Å². The van der Waals surface area contributed by atoms with E-state index < -0.39 is 0 Å². The maximum absolute atomic E-state index is 5.65. The van der Waals surface area contributed by atoms with E-state index in [0.29, 0.717) is 6.54 Å². The summed E-state index contributed by atoms with van der Waals surface area (Å²) >= 11 is 0. The standard InChI is InChI=1S/C11H17N5/c1-15(2)7-6-10-13-11-5-3-4-9(8-12)16(11)14-10/h3-5H,6-8,12H2,1-2H3. The molecule has 0 bridgehead atoms. The van der Waals surface area contributed by atoms with E-state index in [-0.39, 0.29) is 0 Å². The summed E-state index contributed by atoms with van der Waals surface area (Å²) in [6.07, 6.45) is 0.860. The third kappa shape index (κ3) is 2.20. The zero-order chi connectivity index (χ0) is 11.5. The summed E-state index contributed by atoms with van der Waals surface area (Å²) in [5.74, 6) is 0.870. The van der Waals surface area contributed by atoms with Gasteiger partial charge in [0.1, 0.15) is 0 Å². The summed E-state index contributed by atoms with van der Waals surface area (Å²) in [4.78, 5) is 6.58. The fourth-order valence-corrected chi connectivity index (χ4v) is 1.59. The number of nitrogens with zero attached hydrogens (tertiary/aromatic N) is 4. The molecule has 2 heterocycles. The average Bonchev–Trinajstić information content (AvgIpc) is 2.68. The van der Waals surface area contributed by atoms with Gasteiger partial charge in [0.25, 0.3) is 0 Å². The summed E-state index contributed by atoms with van der Waals surface area (Å²) in [5.41, 5.74) is 7.51. The second kappa shape index (κ2) is 4.59. The fourth-order valence-electron chi connectivity index (χ4n) is 1.59. The van der Waals surface area contributed by atoms with Crippen molar-refractivity contribution >= 4 is 5.65 Å². The quantitative estimate of drug-likeness (QED) is 0.803. The first-order valence-electron chi connectivity index (χ1n) is 5.39. The van der Waals surface area contributed by atoms with Crippen molar-refractivity contribution in [2.45, 2.75) is 13.0 Å². The monoisotopic (exact) mass is 219 g/mol. The Hall–Kier alpha value is -1.46. The highest BCUT2D eigenvalue weighted by Crippen LogP contribution is 2.06. The topological polar surface area (TPSA) is 59.5 Å². The van der Waals surface area contributed by atoms with E-state index in [9.17, 15) is 0 Å². The number of hydrogen-bond donors (Lipinski definition) is 1. The number of nitrogens with two attached hydrogens (primary N) is 1. The van der Waals surface area contributed by atoms with Gasteiger partial charge < -0.3 is 10.6 Å². The van der Waals surface area contributed by atoms with Gasteiger partial charge in [0, 0.05) is 19.5 Å². The molecule has 2 rings (SSSR count). The lowest BCUT2D eigenvalue weighted by Gasteiger charge is -2.05. The van der Waals surface area contributed by atoms with Crippen LogP contribution in [0.2, 0.25) is 0 Å². The predicted molar refractivity (Wildman–Crippen MR) is 63.1 cm³/mol. The Balaban J connectivity index is 2.29. The summed E-state index contributed by atoms with van der Waals surface area (Å²) in [5, 5.41) is 4.45. The van der Waals surface area contributed by atoms with Crippen LogP contribution in [0.5, 0.6) is 0 Å². The number of pyridine rings is 1. The second-order valence-electron chi connectivity index (χ2n) is 4.07. The molecule has 0 radical (unpaired) electrons. The van der Waals surface area contributed by atoms with E-state index in [0.717, 1.165) is 30.1 Å². The third-order valence-corrected chi connectivity index (χ3v) is 2.47. The van der Waals surface area contributed by atoms with Crippen molar-refractivity contribution < 1.29 is 0 Å². The molecule has 0 aliphatic heterocycles. The van der Waals surface area contributed by atoms with E-state index in [2.05, 4.69) is 15.0 Å². The van der Waals surface area contributed by atoms with E-state index in [4.69, 9.17) is 5.73 Å². The molecule has 0 unspecified atom stereocenters. The maximum atomic E-state index is 5.65. The lowest BCUT2D eigenvalue weighted by atomic mass is 10.3. The summed E-state index contributed by atoms with van der Waals surface area (Å²) in [7, 11) is 4.09. The zero-order valence-corrected chi connectivity index (χ0v) is 9.72. The summed E-state index contributed by atoms with van der Waals surface area (Å²) in [6.45, 7) is 1.43. The summed E-state index contributed by atoms with van der Waals surface area (Å²) in [6, 6.07) is 5.88. The van der Waals surface area contributed by atoms with Crippen molar-refractivity contribution in [2.24, 2.45) is 5.73 Å². The lowest BCUT2D eigenvalue weighted by Crippen LogP contribution is -2.15. The minimum atomic E-state index is 0.480. The van der Waals surface area contributed by atoms with Crippen molar-refractivity contribution in [3.8, 4) is 0 Å². The van der Waals surface area contributed by atoms with Gasteiger partial charge in [0.15, 0.2) is 11.5 Å². The largest absolute Gasteiger partial charge is 0.325 e. The van der Waals surface area contributed by atoms with Crippen LogP contribution >= 0.6 is 0 Å². The van der Waals surface area contributed by atoms with Gasteiger partial charge in [-0.1, -0.05) is 6.07 Å². The van der Waals surface area contributed by atoms with Crippen LogP contribution in [0.15, 0.2) is 18.2 Å². The molecule has 0 amide bonds. The zero-order valence-electron chi connectivity index (χ0n) is 9.72. The van der Waals surface area contributed by atoms with Gasteiger partial charge in [-0.3, -0.25) is 0 Å². The van der Waals surface area contributed by atoms with Gasteiger partial charge in [-0.2, -0.15) is 5.10 Å². The van der Waals surface area contributed by atoms with Crippen molar-refractivity contribution in [3.63, 3.8) is 0 Å². The highest BCUT2D eigenvalue weighted by atomic mass is 15.3. The molecule has 86 valence electrons. The number of fused-ring (bicyclic) bond motifs is 1. The highest BCUT2D eigenvalue weighted by molar-refractivity contribution is 5.38. The van der Waals surface area contributed by atoms with E-state index >= 15 is 0 Å². The molecule has 5 nitrogen and oxygen atoms in total. The maximum Gasteiger partial charge on any atom is 0.155 e. The lowest BCUT2D eigenvalue weighted by molar-refractivity contribution is 0.409. The first kappa shape index (κ1) is 11.0. The summed E-state index contributed by atoms with van der Waals surface area (Å²) < 4.78 is 1.82. The Morgan fingerprint density at radius 1 is 1.38 bits per heavy atom.